The quantitative estimate of drug-likeness (QED) is 0.321. The maximum atomic E-state index is 15.1. The molecule has 2 saturated heterocycles. The summed E-state index contributed by atoms with van der Waals surface area (Å²) in [6.45, 7) is 9.69. The highest BCUT2D eigenvalue weighted by Crippen LogP contribution is 2.32. The lowest BCUT2D eigenvalue weighted by Crippen LogP contribution is -2.59. The molecule has 0 aliphatic carbocycles. The summed E-state index contributed by atoms with van der Waals surface area (Å²) in [5, 5.41) is 16.6. The molecule has 2 N–H and O–H groups in total. The number of piperazine rings is 1. The van der Waals surface area contributed by atoms with Crippen LogP contribution in [-0.2, 0) is 4.74 Å². The zero-order chi connectivity index (χ0) is 32.9. The summed E-state index contributed by atoms with van der Waals surface area (Å²) < 4.78 is 26.8. The van der Waals surface area contributed by atoms with E-state index in [1.54, 1.807) is 29.7 Å². The van der Waals surface area contributed by atoms with Gasteiger partial charge < -0.3 is 34.4 Å². The van der Waals surface area contributed by atoms with Gasteiger partial charge in [-0.1, -0.05) is 25.9 Å². The van der Waals surface area contributed by atoms with Gasteiger partial charge >= 0.3 is 12.2 Å². The van der Waals surface area contributed by atoms with Gasteiger partial charge in [0.2, 0.25) is 11.7 Å². The summed E-state index contributed by atoms with van der Waals surface area (Å²) >= 11 is 0. The first kappa shape index (κ1) is 30.8. The number of nitrogens with one attached hydrogen (secondary N) is 1. The van der Waals surface area contributed by atoms with E-state index in [9.17, 15) is 19.5 Å². The van der Waals surface area contributed by atoms with Gasteiger partial charge in [0.25, 0.3) is 5.91 Å². The molecule has 2 aliphatic heterocycles. The van der Waals surface area contributed by atoms with E-state index in [0.717, 1.165) is 5.69 Å². The number of carbonyl (C=O) groups excluding carboxylic acids is 2. The molecule has 3 aromatic heterocycles. The molecule has 0 spiro atoms. The Hall–Kier alpha value is -5.21. The summed E-state index contributed by atoms with van der Waals surface area (Å²) in [5.74, 6) is -0.749. The van der Waals surface area contributed by atoms with Crippen molar-refractivity contribution in [3.63, 3.8) is 0 Å². The molecule has 3 amide bonds. The van der Waals surface area contributed by atoms with Crippen molar-refractivity contribution < 1.29 is 33.1 Å². The van der Waals surface area contributed by atoms with E-state index >= 15 is 4.39 Å². The average molecular weight is 635 g/mol. The summed E-state index contributed by atoms with van der Waals surface area (Å²) in [7, 11) is 1.31. The zero-order valence-corrected chi connectivity index (χ0v) is 26.2. The molecule has 1 unspecified atom stereocenters. The highest BCUT2D eigenvalue weighted by Gasteiger charge is 2.38. The van der Waals surface area contributed by atoms with E-state index in [1.807, 2.05) is 26.8 Å². The smallest absolute Gasteiger partial charge is 0.409 e. The van der Waals surface area contributed by atoms with Crippen LogP contribution in [-0.4, -0.2) is 98.4 Å². The minimum absolute atomic E-state index is 0.150. The number of halogens is 1. The van der Waals surface area contributed by atoms with Crippen LogP contribution in [0.4, 0.5) is 25.4 Å². The number of nitrogens with zero attached hydrogens (tertiary/aromatic N) is 7. The third kappa shape index (κ3) is 5.68. The molecule has 14 nitrogen and oxygen atoms in total. The number of hydrogen-bond acceptors (Lipinski definition) is 9. The lowest BCUT2D eigenvalue weighted by atomic mass is 9.84. The van der Waals surface area contributed by atoms with E-state index in [0.29, 0.717) is 49.8 Å². The monoisotopic (exact) mass is 634 g/mol. The molecule has 46 heavy (non-hydrogen) atoms. The molecule has 0 bridgehead atoms. The third-order valence-electron chi connectivity index (χ3n) is 8.67. The standard InChI is InChI=1S/C31H35FN8O6/c1-17-21(32)10-18(26-35-28(46-36-26)19-13-38(14-19)30(44)45-5)11-22(17)34-27(41)23-12-33-25-7-6-20(15-40(23)25)37-8-9-39(29(42)43)24(16-37)31(2,3)4/h6-7,10-12,15,19,24H,8-9,13-14,16H2,1-5H3,(H,34,41)(H,42,43). The van der Waals surface area contributed by atoms with Crippen LogP contribution in [0.15, 0.2) is 41.2 Å². The van der Waals surface area contributed by atoms with Gasteiger partial charge in [-0.05, 0) is 36.6 Å². The molecule has 5 heterocycles. The van der Waals surface area contributed by atoms with Crippen LogP contribution >= 0.6 is 0 Å². The van der Waals surface area contributed by atoms with Crippen molar-refractivity contribution in [3.05, 3.63) is 59.6 Å². The van der Waals surface area contributed by atoms with Crippen molar-refractivity contribution >= 4 is 35.1 Å². The highest BCUT2D eigenvalue weighted by atomic mass is 19.1. The molecule has 15 heteroatoms. The van der Waals surface area contributed by atoms with Gasteiger partial charge in [0.1, 0.15) is 17.2 Å². The highest BCUT2D eigenvalue weighted by molar-refractivity contribution is 6.04. The van der Waals surface area contributed by atoms with Gasteiger partial charge in [-0.25, -0.2) is 19.0 Å². The van der Waals surface area contributed by atoms with Crippen LogP contribution in [0, 0.1) is 18.2 Å². The van der Waals surface area contributed by atoms with Crippen LogP contribution in [0.2, 0.25) is 0 Å². The fraction of sp³-hybridized carbons (Fsp3) is 0.419. The molecule has 1 atom stereocenters. The van der Waals surface area contributed by atoms with Crippen molar-refractivity contribution in [1.82, 2.24) is 29.3 Å². The Kier molecular flexibility index (Phi) is 7.78. The first-order valence-electron chi connectivity index (χ1n) is 14.8. The van der Waals surface area contributed by atoms with E-state index in [1.165, 1.54) is 29.2 Å². The Morgan fingerprint density at radius 1 is 1.13 bits per heavy atom. The number of amides is 3. The molecule has 0 radical (unpaired) electrons. The van der Waals surface area contributed by atoms with Gasteiger partial charge in [0, 0.05) is 55.7 Å². The summed E-state index contributed by atoms with van der Waals surface area (Å²) in [6.07, 6.45) is 1.88. The molecule has 2 fully saturated rings. The molecule has 0 saturated carbocycles. The van der Waals surface area contributed by atoms with E-state index in [4.69, 9.17) is 9.26 Å². The number of carboxylic acid groups (broad SMARTS) is 1. The second-order valence-corrected chi connectivity index (χ2v) is 12.7. The molecule has 4 aromatic rings. The minimum Gasteiger partial charge on any atom is -0.465 e. The van der Waals surface area contributed by atoms with Crippen LogP contribution in [0.5, 0.6) is 0 Å². The van der Waals surface area contributed by atoms with Crippen molar-refractivity contribution in [2.24, 2.45) is 5.41 Å². The van der Waals surface area contributed by atoms with Crippen LogP contribution in [0.1, 0.15) is 48.6 Å². The number of anilines is 2. The van der Waals surface area contributed by atoms with Crippen LogP contribution < -0.4 is 10.2 Å². The number of carbonyl (C=O) groups is 3. The summed E-state index contributed by atoms with van der Waals surface area (Å²) in [4.78, 5) is 51.0. The van der Waals surface area contributed by atoms with E-state index in [2.05, 4.69) is 25.3 Å². The predicted molar refractivity (Wildman–Crippen MR) is 164 cm³/mol. The van der Waals surface area contributed by atoms with Gasteiger partial charge in [0.05, 0.1) is 31.0 Å². The number of likely N-dealkylation sites (tertiary alicyclic amines) is 1. The lowest BCUT2D eigenvalue weighted by molar-refractivity contribution is 0.0748. The zero-order valence-electron chi connectivity index (χ0n) is 26.2. The van der Waals surface area contributed by atoms with E-state index < -0.39 is 23.9 Å². The first-order valence-corrected chi connectivity index (χ1v) is 14.8. The van der Waals surface area contributed by atoms with Gasteiger partial charge in [-0.2, -0.15) is 4.98 Å². The number of ether oxygens (including phenoxy) is 1. The van der Waals surface area contributed by atoms with Gasteiger partial charge in [-0.3, -0.25) is 9.20 Å². The number of benzene rings is 1. The number of hydrogen-bond donors (Lipinski definition) is 2. The molecule has 2 aliphatic rings. The SMILES string of the molecule is COC(=O)N1CC(c2nc(-c3cc(F)c(C)c(NC(=O)c4cnc5ccc(N6CCN(C(=O)O)C(C(C)(C)C)C6)cn45)c3)no2)C1. The Labute approximate surface area is 263 Å². The Morgan fingerprint density at radius 3 is 2.59 bits per heavy atom. The average Bonchev–Trinajstić information content (AvgIpc) is 3.65. The van der Waals surface area contributed by atoms with Gasteiger partial charge in [0.15, 0.2) is 0 Å². The predicted octanol–water partition coefficient (Wildman–Crippen LogP) is 4.46. The lowest BCUT2D eigenvalue weighted by Gasteiger charge is -2.46. The third-order valence-corrected chi connectivity index (χ3v) is 8.67. The molecule has 6 rings (SSSR count). The van der Waals surface area contributed by atoms with Crippen molar-refractivity contribution in [3.8, 4) is 11.4 Å². The number of imidazole rings is 1. The Bertz CT molecular complexity index is 1830. The second-order valence-electron chi connectivity index (χ2n) is 12.7. The fourth-order valence-corrected chi connectivity index (χ4v) is 5.87. The number of aromatic nitrogens is 4. The second kappa shape index (κ2) is 11.6. The summed E-state index contributed by atoms with van der Waals surface area (Å²) in [5.41, 5.74) is 2.09. The summed E-state index contributed by atoms with van der Waals surface area (Å²) in [6, 6.07) is 6.32. The van der Waals surface area contributed by atoms with Crippen LogP contribution in [0.3, 0.4) is 0 Å². The maximum absolute atomic E-state index is 15.1. The Morgan fingerprint density at radius 2 is 1.89 bits per heavy atom. The topological polar surface area (TPSA) is 159 Å². The molecule has 1 aromatic carbocycles. The Balaban J connectivity index is 1.22. The van der Waals surface area contributed by atoms with Crippen molar-refractivity contribution in [2.45, 2.75) is 39.7 Å². The number of methoxy groups -OCH3 is 1. The molecular formula is C31H35FN8O6. The van der Waals surface area contributed by atoms with Gasteiger partial charge in [-0.15, -0.1) is 0 Å². The van der Waals surface area contributed by atoms with Crippen molar-refractivity contribution in [1.29, 1.82) is 0 Å². The first-order chi connectivity index (χ1) is 21.8. The minimum atomic E-state index is -0.940. The number of rotatable bonds is 5. The van der Waals surface area contributed by atoms with Crippen molar-refractivity contribution in [2.75, 3.05) is 50.1 Å². The van der Waals surface area contributed by atoms with E-state index in [-0.39, 0.29) is 40.1 Å². The fourth-order valence-electron chi connectivity index (χ4n) is 5.87. The molecular weight excluding hydrogens is 599 g/mol. The largest absolute Gasteiger partial charge is 0.465 e. The van der Waals surface area contributed by atoms with Crippen LogP contribution in [0.25, 0.3) is 17.0 Å². The maximum Gasteiger partial charge on any atom is 0.409 e. The molecule has 242 valence electrons. The number of pyridine rings is 1. The normalized spacial score (nSPS) is 17.3. The number of fused-ring (bicyclic) bond motifs is 1.